The van der Waals surface area contributed by atoms with Crippen molar-refractivity contribution in [2.24, 2.45) is 5.92 Å². The van der Waals surface area contributed by atoms with E-state index in [1.807, 2.05) is 12.2 Å². The summed E-state index contributed by atoms with van der Waals surface area (Å²) in [6, 6.07) is 8.07. The third-order valence-electron chi connectivity index (χ3n) is 3.52. The molecule has 1 unspecified atom stereocenters. The Morgan fingerprint density at radius 2 is 2.00 bits per heavy atom. The predicted octanol–water partition coefficient (Wildman–Crippen LogP) is 2.36. The highest BCUT2D eigenvalue weighted by Gasteiger charge is 2.40. The first kappa shape index (κ1) is 14.8. The van der Waals surface area contributed by atoms with E-state index in [1.165, 1.54) is 19.2 Å². The molecule has 1 aliphatic rings. The summed E-state index contributed by atoms with van der Waals surface area (Å²) in [7, 11) is -2.51. The summed E-state index contributed by atoms with van der Waals surface area (Å²) in [5, 5.41) is -1.16. The summed E-state index contributed by atoms with van der Waals surface area (Å²) in [6.07, 6.45) is 6.26. The van der Waals surface area contributed by atoms with E-state index >= 15 is 0 Å². The Bertz CT molecular complexity index is 590. The largest absolute Gasteiger partial charge is 0.468 e. The van der Waals surface area contributed by atoms with Gasteiger partial charge < -0.3 is 4.74 Å². The summed E-state index contributed by atoms with van der Waals surface area (Å²) in [5.41, 5.74) is 0. The Morgan fingerprint density at radius 1 is 1.30 bits per heavy atom. The van der Waals surface area contributed by atoms with E-state index in [-0.39, 0.29) is 10.8 Å². The number of allylic oxidation sites excluding steroid dienone is 2. The van der Waals surface area contributed by atoms with Crippen molar-refractivity contribution < 1.29 is 17.9 Å². The molecular formula is C15H18O4S. The summed E-state index contributed by atoms with van der Waals surface area (Å²) in [4.78, 5) is 12.2. The molecule has 2 atom stereocenters. The minimum atomic E-state index is -3.74. The van der Waals surface area contributed by atoms with E-state index in [4.69, 9.17) is 4.74 Å². The molecule has 0 bridgehead atoms. The lowest BCUT2D eigenvalue weighted by Gasteiger charge is -2.24. The van der Waals surface area contributed by atoms with Crippen molar-refractivity contribution in [3.05, 3.63) is 42.5 Å². The smallest absolute Gasteiger partial charge is 0.325 e. The zero-order chi connectivity index (χ0) is 14.6. The fraction of sp³-hybridized carbons (Fsp3) is 0.400. The Hall–Kier alpha value is -1.62. The molecule has 0 fully saturated rings. The number of methoxy groups -OCH3 is 1. The summed E-state index contributed by atoms with van der Waals surface area (Å²) in [5.74, 6) is -1.01. The van der Waals surface area contributed by atoms with Gasteiger partial charge in [0, 0.05) is 5.92 Å². The maximum atomic E-state index is 12.7. The first-order valence-corrected chi connectivity index (χ1v) is 8.15. The molecule has 0 heterocycles. The van der Waals surface area contributed by atoms with Gasteiger partial charge in [0.05, 0.1) is 12.0 Å². The molecule has 0 aromatic heterocycles. The molecule has 4 nitrogen and oxygen atoms in total. The maximum absolute atomic E-state index is 12.7. The molecular weight excluding hydrogens is 276 g/mol. The van der Waals surface area contributed by atoms with Crippen LogP contribution in [0.3, 0.4) is 0 Å². The van der Waals surface area contributed by atoms with Gasteiger partial charge in [0.1, 0.15) is 0 Å². The van der Waals surface area contributed by atoms with Crippen molar-refractivity contribution in [2.75, 3.05) is 7.11 Å². The first-order chi connectivity index (χ1) is 9.57. The van der Waals surface area contributed by atoms with Gasteiger partial charge >= 0.3 is 5.97 Å². The Balaban J connectivity index is 2.43. The van der Waals surface area contributed by atoms with E-state index in [9.17, 15) is 13.2 Å². The number of carbonyl (C=O) groups is 1. The van der Waals surface area contributed by atoms with Crippen molar-refractivity contribution in [1.29, 1.82) is 0 Å². The molecule has 1 aliphatic carbocycles. The van der Waals surface area contributed by atoms with E-state index in [2.05, 4.69) is 0 Å². The van der Waals surface area contributed by atoms with Crippen molar-refractivity contribution in [3.63, 3.8) is 0 Å². The molecule has 0 spiro atoms. The van der Waals surface area contributed by atoms with Crippen LogP contribution in [-0.4, -0.2) is 26.7 Å². The van der Waals surface area contributed by atoms with Gasteiger partial charge in [0.2, 0.25) is 0 Å². The molecule has 0 saturated heterocycles. The number of benzene rings is 1. The minimum Gasteiger partial charge on any atom is -0.468 e. The second-order valence-electron chi connectivity index (χ2n) is 4.82. The van der Waals surface area contributed by atoms with Gasteiger partial charge in [-0.15, -0.1) is 0 Å². The van der Waals surface area contributed by atoms with Gasteiger partial charge in [-0.3, -0.25) is 4.79 Å². The number of ether oxygens (including phenoxy) is 1. The van der Waals surface area contributed by atoms with Crippen LogP contribution in [0.4, 0.5) is 0 Å². The quantitative estimate of drug-likeness (QED) is 0.632. The Morgan fingerprint density at radius 3 is 2.55 bits per heavy atom. The van der Waals surface area contributed by atoms with Crippen LogP contribution in [0.2, 0.25) is 0 Å². The second kappa shape index (κ2) is 6.22. The standard InChI is InChI=1S/C15H18O4S/c1-19-15(16)14(12-8-4-2-5-9-12)20(17,18)13-10-6-3-7-11-13/h3-4,6-8,10-12,14H,2,5,9H2,1H3/t12-,14?/m0/s1. The van der Waals surface area contributed by atoms with Crippen LogP contribution < -0.4 is 0 Å². The third kappa shape index (κ3) is 2.93. The Kier molecular flexibility index (Phi) is 4.60. The average Bonchev–Trinajstić information content (AvgIpc) is 2.49. The molecule has 0 radical (unpaired) electrons. The number of sulfone groups is 1. The summed E-state index contributed by atoms with van der Waals surface area (Å²) >= 11 is 0. The van der Waals surface area contributed by atoms with Crippen LogP contribution in [0.1, 0.15) is 19.3 Å². The summed E-state index contributed by atoms with van der Waals surface area (Å²) in [6.45, 7) is 0. The molecule has 1 aromatic carbocycles. The fourth-order valence-corrected chi connectivity index (χ4v) is 4.36. The van der Waals surface area contributed by atoms with Gasteiger partial charge in [0.15, 0.2) is 15.1 Å². The van der Waals surface area contributed by atoms with Gasteiger partial charge in [-0.05, 0) is 31.4 Å². The molecule has 5 heteroatoms. The van der Waals surface area contributed by atoms with Crippen LogP contribution >= 0.6 is 0 Å². The number of hydrogen-bond donors (Lipinski definition) is 0. The number of esters is 1. The zero-order valence-corrected chi connectivity index (χ0v) is 12.2. The topological polar surface area (TPSA) is 60.4 Å². The molecule has 0 N–H and O–H groups in total. The molecule has 0 saturated carbocycles. The monoisotopic (exact) mass is 294 g/mol. The average molecular weight is 294 g/mol. The molecule has 1 aromatic rings. The van der Waals surface area contributed by atoms with Crippen molar-refractivity contribution in [1.82, 2.24) is 0 Å². The molecule has 108 valence electrons. The van der Waals surface area contributed by atoms with E-state index in [0.29, 0.717) is 6.42 Å². The highest BCUT2D eigenvalue weighted by molar-refractivity contribution is 7.92. The predicted molar refractivity (Wildman–Crippen MR) is 75.9 cm³/mol. The van der Waals surface area contributed by atoms with Gasteiger partial charge in [0.25, 0.3) is 0 Å². The van der Waals surface area contributed by atoms with Crippen molar-refractivity contribution in [3.8, 4) is 0 Å². The van der Waals surface area contributed by atoms with Gasteiger partial charge in [-0.1, -0.05) is 30.4 Å². The summed E-state index contributed by atoms with van der Waals surface area (Å²) < 4.78 is 30.1. The second-order valence-corrected chi connectivity index (χ2v) is 6.89. The van der Waals surface area contributed by atoms with E-state index < -0.39 is 21.1 Å². The molecule has 0 aliphatic heterocycles. The molecule has 20 heavy (non-hydrogen) atoms. The van der Waals surface area contributed by atoms with Crippen LogP contribution in [0.15, 0.2) is 47.4 Å². The first-order valence-electron chi connectivity index (χ1n) is 6.61. The van der Waals surface area contributed by atoms with Crippen LogP contribution in [0.5, 0.6) is 0 Å². The van der Waals surface area contributed by atoms with Crippen molar-refractivity contribution in [2.45, 2.75) is 29.4 Å². The van der Waals surface area contributed by atoms with Crippen LogP contribution in [-0.2, 0) is 19.4 Å². The fourth-order valence-electron chi connectivity index (χ4n) is 2.50. The maximum Gasteiger partial charge on any atom is 0.325 e. The van der Waals surface area contributed by atoms with Gasteiger partial charge in [-0.2, -0.15) is 0 Å². The SMILES string of the molecule is COC(=O)C([C@H]1C=CCCC1)S(=O)(=O)c1ccccc1. The van der Waals surface area contributed by atoms with Crippen LogP contribution in [0.25, 0.3) is 0 Å². The highest BCUT2D eigenvalue weighted by Crippen LogP contribution is 2.29. The molecule has 0 amide bonds. The number of carbonyl (C=O) groups excluding carboxylic acids is 1. The van der Waals surface area contributed by atoms with Crippen LogP contribution in [0, 0.1) is 5.92 Å². The van der Waals surface area contributed by atoms with Gasteiger partial charge in [-0.25, -0.2) is 8.42 Å². The lowest BCUT2D eigenvalue weighted by molar-refractivity contribution is -0.140. The highest BCUT2D eigenvalue weighted by atomic mass is 32.2. The number of hydrogen-bond acceptors (Lipinski definition) is 4. The third-order valence-corrected chi connectivity index (χ3v) is 5.66. The number of rotatable bonds is 4. The zero-order valence-electron chi connectivity index (χ0n) is 11.4. The lowest BCUT2D eigenvalue weighted by Crippen LogP contribution is -2.38. The van der Waals surface area contributed by atoms with E-state index in [1.54, 1.807) is 18.2 Å². The molecule has 2 rings (SSSR count). The van der Waals surface area contributed by atoms with Crippen molar-refractivity contribution >= 4 is 15.8 Å². The normalized spacial score (nSPS) is 20.4. The Labute approximate surface area is 119 Å². The minimum absolute atomic E-state index is 0.161. The lowest BCUT2D eigenvalue weighted by atomic mass is 9.93. The van der Waals surface area contributed by atoms with E-state index in [0.717, 1.165) is 12.8 Å².